The summed E-state index contributed by atoms with van der Waals surface area (Å²) in [6.07, 6.45) is 0.661. The molecule has 0 heterocycles. The summed E-state index contributed by atoms with van der Waals surface area (Å²) in [5.41, 5.74) is 0. The lowest BCUT2D eigenvalue weighted by Gasteiger charge is -2.18. The van der Waals surface area contributed by atoms with Crippen LogP contribution in [0.1, 0.15) is 26.7 Å². The number of hydrogen-bond donors (Lipinski definition) is 12. The summed E-state index contributed by atoms with van der Waals surface area (Å²) in [7, 11) is -48.6. The van der Waals surface area contributed by atoms with Crippen molar-refractivity contribution in [3.8, 4) is 0 Å². The number of hydrogen-bond acceptors (Lipinski definition) is 30. The van der Waals surface area contributed by atoms with Gasteiger partial charge < -0.3 is 58.9 Å². The van der Waals surface area contributed by atoms with E-state index in [1.807, 2.05) is 0 Å². The van der Waals surface area contributed by atoms with Crippen molar-refractivity contribution < 1.29 is 191 Å². The molecule has 0 bridgehead atoms. The van der Waals surface area contributed by atoms with Crippen molar-refractivity contribution >= 4 is 78.2 Å². The van der Waals surface area contributed by atoms with Gasteiger partial charge in [0.15, 0.2) is 0 Å². The average Bonchev–Trinajstić information content (AvgIpc) is 3.30. The molecule has 0 aliphatic heterocycles. The summed E-state index contributed by atoms with van der Waals surface area (Å²) in [5.74, 6) is -1.15. The second kappa shape index (κ2) is 38.2. The van der Waals surface area contributed by atoms with Crippen LogP contribution in [-0.4, -0.2) is 191 Å². The van der Waals surface area contributed by atoms with Gasteiger partial charge in [0, 0.05) is 18.4 Å². The molecule has 11 unspecified atom stereocenters. The predicted molar refractivity (Wildman–Crippen MR) is 248 cm³/mol. The van der Waals surface area contributed by atoms with E-state index in [0.717, 1.165) is 0 Å². The fourth-order valence-electron chi connectivity index (χ4n) is 3.96. The maximum Gasteiger partial charge on any atom is 0.472 e. The Balaban J connectivity index is 4.26. The zero-order valence-electron chi connectivity index (χ0n) is 40.4. The molecule has 77 heavy (non-hydrogen) atoms. The van der Waals surface area contributed by atoms with Crippen molar-refractivity contribution in [1.82, 2.24) is 0 Å². The first-order valence-corrected chi connectivity index (χ1v) is 36.1. The van der Waals surface area contributed by atoms with Gasteiger partial charge in [0.25, 0.3) is 0 Å². The van der Waals surface area contributed by atoms with Crippen LogP contribution in [0.15, 0.2) is 0 Å². The van der Waals surface area contributed by atoms with Crippen molar-refractivity contribution in [2.75, 3.05) is 132 Å². The summed E-state index contributed by atoms with van der Waals surface area (Å²) in [5, 5.41) is 9.08. The Hall–Kier alpha value is 1.06. The third kappa shape index (κ3) is 46.1. The highest BCUT2D eigenvalue weighted by Crippen LogP contribution is 2.51. The van der Waals surface area contributed by atoms with E-state index in [4.69, 9.17) is 14.9 Å². The summed E-state index contributed by atoms with van der Waals surface area (Å²) < 4.78 is 204. The molecule has 0 aliphatic rings. The molecule has 0 saturated heterocycles. The van der Waals surface area contributed by atoms with E-state index in [2.05, 4.69) is 86.0 Å². The molecule has 0 aromatic heterocycles. The molecule has 0 aromatic rings. The predicted octanol–water partition coefficient (Wildman–Crippen LogP) is 2.34. The van der Waals surface area contributed by atoms with Crippen LogP contribution in [0.4, 0.5) is 0 Å². The van der Waals surface area contributed by atoms with Crippen molar-refractivity contribution in [1.29, 1.82) is 0 Å². The zero-order valence-corrected chi connectivity index (χ0v) is 49.3. The number of aliphatic hydroxyl groups excluding tert-OH is 1. The molecule has 0 saturated carbocycles. The first kappa shape index (κ1) is 78.1. The lowest BCUT2D eigenvalue weighted by molar-refractivity contribution is 0.0701. The Labute approximate surface area is 438 Å². The SMILES string of the molecule is CCC(CO)COP(=O)(O)OCCOP(=O)(O)OCCOP(=O)(O)OCCOP(=O)(O)OCCOP(=O)(O)OCCOP(=O)(O)OCCOP(=O)(O)OCCOP(=O)(O)OCCOP(=O)(O)OCC(CC)COP(=O)(O)O. The van der Waals surface area contributed by atoms with Crippen LogP contribution in [0.5, 0.6) is 0 Å². The van der Waals surface area contributed by atoms with E-state index in [0.29, 0.717) is 6.42 Å². The second-order valence-electron chi connectivity index (χ2n) is 13.7. The van der Waals surface area contributed by atoms with E-state index in [1.165, 1.54) is 0 Å². The average molecular weight is 1340 g/mol. The number of aliphatic hydroxyl groups is 1. The highest BCUT2D eigenvalue weighted by molar-refractivity contribution is 7.49. The topological polar surface area (TPSA) is 589 Å². The second-order valence-corrected chi connectivity index (χ2v) is 28.0. The molecule has 464 valence electrons. The van der Waals surface area contributed by atoms with Gasteiger partial charge in [-0.15, -0.1) is 0 Å². The molecule has 0 spiro atoms. The monoisotopic (exact) mass is 1340 g/mol. The first-order chi connectivity index (χ1) is 35.3. The van der Waals surface area contributed by atoms with E-state index < -0.39 is 209 Å². The van der Waals surface area contributed by atoms with Gasteiger partial charge in [-0.25, -0.2) is 45.7 Å². The van der Waals surface area contributed by atoms with Gasteiger partial charge in [-0.2, -0.15) is 0 Å². The molecule has 11 atom stereocenters. The van der Waals surface area contributed by atoms with Gasteiger partial charge in [0.05, 0.1) is 126 Å². The van der Waals surface area contributed by atoms with Gasteiger partial charge in [0.2, 0.25) is 0 Å². The maximum absolute atomic E-state index is 12.0. The third-order valence-electron chi connectivity index (χ3n) is 7.58. The molecular formula is C26H64O41P10. The Bertz CT molecular complexity index is 2150. The minimum absolute atomic E-state index is 0.223. The van der Waals surface area contributed by atoms with Gasteiger partial charge in [0.1, 0.15) is 0 Å². The standard InChI is InChI=1S/C26H64O41P10/c1-3-25(21-27)22-66-76(45,46)63-19-17-61-74(41,42)59-15-13-57-72(37,38)55-11-9-53-70(33,34)51-7-5-49-69(31,32)50-6-8-52-71(35,36)54-10-12-56-73(39,40)58-14-16-60-75(43,44)62-18-20-64-77(47,48)67-24-26(4-2)23-65-68(28,29)30/h25-27H,3-24H2,1-2H3,(H,31,32)(H,33,34)(H,35,36)(H,37,38)(H,39,40)(H,41,42)(H,43,44)(H,45,46)(H,47,48)(H2,28,29,30). The van der Waals surface area contributed by atoms with Crippen LogP contribution < -0.4 is 0 Å². The van der Waals surface area contributed by atoms with E-state index >= 15 is 0 Å². The van der Waals surface area contributed by atoms with Crippen LogP contribution in [0.2, 0.25) is 0 Å². The fourth-order valence-corrected chi connectivity index (χ4v) is 10.7. The minimum Gasteiger partial charge on any atom is -0.396 e. The van der Waals surface area contributed by atoms with Crippen molar-refractivity contribution in [3.05, 3.63) is 0 Å². The minimum atomic E-state index is -4.97. The molecule has 12 N–H and O–H groups in total. The van der Waals surface area contributed by atoms with E-state index in [9.17, 15) is 89.7 Å². The van der Waals surface area contributed by atoms with Crippen molar-refractivity contribution in [3.63, 3.8) is 0 Å². The van der Waals surface area contributed by atoms with Crippen LogP contribution >= 0.6 is 78.2 Å². The summed E-state index contributed by atoms with van der Waals surface area (Å²) in [4.78, 5) is 105. The van der Waals surface area contributed by atoms with Crippen LogP contribution in [0.3, 0.4) is 0 Å². The van der Waals surface area contributed by atoms with E-state index in [1.54, 1.807) is 13.8 Å². The van der Waals surface area contributed by atoms with Gasteiger partial charge in [-0.1, -0.05) is 13.8 Å². The maximum atomic E-state index is 12.0. The molecule has 0 rings (SSSR count). The quantitative estimate of drug-likeness (QED) is 0.0307. The Kier molecular flexibility index (Phi) is 38.7. The Morgan fingerprint density at radius 1 is 0.247 bits per heavy atom. The highest BCUT2D eigenvalue weighted by Gasteiger charge is 2.31. The van der Waals surface area contributed by atoms with Gasteiger partial charge in [-0.3, -0.25) is 86.0 Å². The van der Waals surface area contributed by atoms with Gasteiger partial charge in [-0.05, 0) is 12.8 Å². The normalized spacial score (nSPS) is 20.4. The van der Waals surface area contributed by atoms with Gasteiger partial charge >= 0.3 is 78.2 Å². The molecule has 0 aromatic carbocycles. The summed E-state index contributed by atoms with van der Waals surface area (Å²) >= 11 is 0. The fraction of sp³-hybridized carbons (Fsp3) is 1.00. The Morgan fingerprint density at radius 3 is 0.532 bits per heavy atom. The molecule has 0 radical (unpaired) electrons. The number of phosphoric ester groups is 10. The molecule has 0 aliphatic carbocycles. The number of rotatable bonds is 52. The van der Waals surface area contributed by atoms with Crippen LogP contribution in [-0.2, 0) is 132 Å². The molecule has 51 heteroatoms. The first-order valence-electron chi connectivity index (χ1n) is 21.2. The molecular weight excluding hydrogens is 1280 g/mol. The molecule has 41 nitrogen and oxygen atoms in total. The lowest BCUT2D eigenvalue weighted by atomic mass is 10.1. The van der Waals surface area contributed by atoms with Crippen molar-refractivity contribution in [2.24, 2.45) is 11.8 Å². The molecule has 0 fully saturated rings. The third-order valence-corrected chi connectivity index (χ3v) is 17.2. The van der Waals surface area contributed by atoms with Crippen molar-refractivity contribution in [2.45, 2.75) is 26.7 Å². The largest absolute Gasteiger partial charge is 0.472 e. The van der Waals surface area contributed by atoms with Crippen LogP contribution in [0, 0.1) is 11.8 Å². The lowest BCUT2D eigenvalue weighted by Crippen LogP contribution is -2.15. The zero-order chi connectivity index (χ0) is 59.1. The smallest absolute Gasteiger partial charge is 0.396 e. The van der Waals surface area contributed by atoms with Crippen LogP contribution in [0.25, 0.3) is 0 Å². The highest BCUT2D eigenvalue weighted by atomic mass is 31.2. The summed E-state index contributed by atoms with van der Waals surface area (Å²) in [6.45, 7) is -12.1. The molecule has 0 amide bonds. The summed E-state index contributed by atoms with van der Waals surface area (Å²) in [6, 6.07) is 0. The van der Waals surface area contributed by atoms with E-state index in [-0.39, 0.29) is 19.6 Å². The number of phosphoric acid groups is 10. The Morgan fingerprint density at radius 2 is 0.390 bits per heavy atom.